The lowest BCUT2D eigenvalue weighted by Gasteiger charge is -2.34. The number of hydrogen-bond acceptors (Lipinski definition) is 2. The van der Waals surface area contributed by atoms with Crippen LogP contribution in [0.2, 0.25) is 0 Å². The van der Waals surface area contributed by atoms with E-state index in [-0.39, 0.29) is 0 Å². The van der Waals surface area contributed by atoms with E-state index in [4.69, 9.17) is 0 Å². The van der Waals surface area contributed by atoms with Gasteiger partial charge in [-0.3, -0.25) is 0 Å². The van der Waals surface area contributed by atoms with Crippen molar-refractivity contribution < 1.29 is 0 Å². The Morgan fingerprint density at radius 2 is 1.42 bits per heavy atom. The van der Waals surface area contributed by atoms with Gasteiger partial charge in [-0.05, 0) is 38.3 Å². The zero-order valence-corrected chi connectivity index (χ0v) is 7.81. The fourth-order valence-electron chi connectivity index (χ4n) is 2.48. The number of hydrogen-bond donors (Lipinski definition) is 2. The molecule has 0 bridgehead atoms. The number of nitrogens with one attached hydrogen (secondary N) is 2. The second-order valence-electron chi connectivity index (χ2n) is 4.14. The predicted molar refractivity (Wildman–Crippen MR) is 51.0 cm³/mol. The van der Waals surface area contributed by atoms with Gasteiger partial charge in [0.2, 0.25) is 0 Å². The third kappa shape index (κ3) is 1.99. The van der Waals surface area contributed by atoms with Crippen LogP contribution in [-0.4, -0.2) is 19.3 Å². The molecule has 1 saturated carbocycles. The minimum absolute atomic E-state index is 0.638. The summed E-state index contributed by atoms with van der Waals surface area (Å²) < 4.78 is 0. The first kappa shape index (κ1) is 8.52. The molecule has 2 fully saturated rings. The molecule has 0 unspecified atom stereocenters. The summed E-state index contributed by atoms with van der Waals surface area (Å²) in [6.45, 7) is 2.43. The summed E-state index contributed by atoms with van der Waals surface area (Å²) in [6.07, 6.45) is 9.16. The monoisotopic (exact) mass is 168 g/mol. The Morgan fingerprint density at radius 3 is 2.08 bits per heavy atom. The van der Waals surface area contributed by atoms with E-state index in [9.17, 15) is 0 Å². The molecule has 70 valence electrons. The molecule has 2 N–H and O–H groups in total. The van der Waals surface area contributed by atoms with E-state index in [0.717, 1.165) is 5.92 Å². The fourth-order valence-corrected chi connectivity index (χ4v) is 2.48. The zero-order valence-electron chi connectivity index (χ0n) is 7.81. The summed E-state index contributed by atoms with van der Waals surface area (Å²) in [6, 6.07) is 0. The van der Waals surface area contributed by atoms with Gasteiger partial charge in [0, 0.05) is 0 Å². The Bertz CT molecular complexity index is 108. The molecular weight excluding hydrogens is 148 g/mol. The molecule has 2 heteroatoms. The van der Waals surface area contributed by atoms with Crippen molar-refractivity contribution in [3.63, 3.8) is 0 Å². The van der Waals surface area contributed by atoms with E-state index in [2.05, 4.69) is 10.6 Å². The highest BCUT2D eigenvalue weighted by Gasteiger charge is 2.23. The Morgan fingerprint density at radius 1 is 0.750 bits per heavy atom. The number of rotatable bonds is 1. The summed E-state index contributed by atoms with van der Waals surface area (Å²) in [4.78, 5) is 0. The summed E-state index contributed by atoms with van der Waals surface area (Å²) in [5.41, 5.74) is 0. The molecule has 1 aliphatic heterocycles. The van der Waals surface area contributed by atoms with Gasteiger partial charge < -0.3 is 10.6 Å². The molecule has 0 aromatic heterocycles. The minimum atomic E-state index is 0.638. The van der Waals surface area contributed by atoms with Crippen molar-refractivity contribution in [1.82, 2.24) is 10.6 Å². The van der Waals surface area contributed by atoms with Crippen LogP contribution in [-0.2, 0) is 0 Å². The van der Waals surface area contributed by atoms with Crippen molar-refractivity contribution in [3.05, 3.63) is 0 Å². The van der Waals surface area contributed by atoms with Crippen LogP contribution in [0.25, 0.3) is 0 Å². The lowest BCUT2D eigenvalue weighted by atomic mass is 9.86. The lowest BCUT2D eigenvalue weighted by molar-refractivity contribution is 0.215. The quantitative estimate of drug-likeness (QED) is 0.619. The Balaban J connectivity index is 1.80. The Labute approximate surface area is 75.1 Å². The molecule has 0 spiro atoms. The van der Waals surface area contributed by atoms with E-state index in [1.807, 2.05) is 0 Å². The van der Waals surface area contributed by atoms with Crippen LogP contribution in [0.4, 0.5) is 0 Å². The first-order valence-electron chi connectivity index (χ1n) is 5.43. The Kier molecular flexibility index (Phi) is 3.01. The normalized spacial score (nSPS) is 29.0. The van der Waals surface area contributed by atoms with Crippen molar-refractivity contribution in [2.75, 3.05) is 13.1 Å². The average molecular weight is 168 g/mol. The molecule has 0 amide bonds. The average Bonchev–Trinajstić information content (AvgIpc) is 2.21. The molecular formula is C10H20N2. The van der Waals surface area contributed by atoms with Crippen molar-refractivity contribution >= 4 is 0 Å². The van der Waals surface area contributed by atoms with E-state index < -0.39 is 0 Å². The van der Waals surface area contributed by atoms with Crippen molar-refractivity contribution in [1.29, 1.82) is 0 Å². The third-order valence-electron chi connectivity index (χ3n) is 3.20. The highest BCUT2D eigenvalue weighted by Crippen LogP contribution is 2.25. The van der Waals surface area contributed by atoms with Gasteiger partial charge in [0.15, 0.2) is 0 Å². The van der Waals surface area contributed by atoms with Crippen LogP contribution in [0.5, 0.6) is 0 Å². The van der Waals surface area contributed by atoms with E-state index in [1.54, 1.807) is 0 Å². The molecule has 2 rings (SSSR count). The second kappa shape index (κ2) is 4.24. The summed E-state index contributed by atoms with van der Waals surface area (Å²) in [5, 5.41) is 7.16. The molecule has 12 heavy (non-hydrogen) atoms. The molecule has 2 nitrogen and oxygen atoms in total. The smallest absolute Gasteiger partial charge is 0.0600 e. The van der Waals surface area contributed by atoms with Crippen molar-refractivity contribution in [2.45, 2.75) is 44.7 Å². The van der Waals surface area contributed by atoms with Crippen molar-refractivity contribution in [3.8, 4) is 0 Å². The van der Waals surface area contributed by atoms with Crippen molar-refractivity contribution in [2.24, 2.45) is 5.92 Å². The molecule has 0 aromatic carbocycles. The molecule has 0 aromatic rings. The van der Waals surface area contributed by atoms with E-state index in [1.165, 1.54) is 51.6 Å². The van der Waals surface area contributed by atoms with Gasteiger partial charge in [0.05, 0.1) is 6.17 Å². The third-order valence-corrected chi connectivity index (χ3v) is 3.20. The topological polar surface area (TPSA) is 24.1 Å². The van der Waals surface area contributed by atoms with Gasteiger partial charge in [-0.25, -0.2) is 0 Å². The lowest BCUT2D eigenvalue weighted by Crippen LogP contribution is -2.52. The highest BCUT2D eigenvalue weighted by molar-refractivity contribution is 4.80. The van der Waals surface area contributed by atoms with E-state index in [0.29, 0.717) is 6.17 Å². The largest absolute Gasteiger partial charge is 0.302 e. The molecule has 2 aliphatic rings. The van der Waals surface area contributed by atoms with E-state index >= 15 is 0 Å². The maximum absolute atomic E-state index is 3.58. The zero-order chi connectivity index (χ0) is 8.23. The van der Waals surface area contributed by atoms with Gasteiger partial charge in [0.1, 0.15) is 0 Å². The van der Waals surface area contributed by atoms with Gasteiger partial charge in [0.25, 0.3) is 0 Å². The molecule has 0 atom stereocenters. The molecule has 0 radical (unpaired) electrons. The fraction of sp³-hybridized carbons (Fsp3) is 1.00. The first-order chi connectivity index (χ1) is 5.97. The summed E-state index contributed by atoms with van der Waals surface area (Å²) in [5.74, 6) is 0.916. The van der Waals surface area contributed by atoms with Gasteiger partial charge >= 0.3 is 0 Å². The highest BCUT2D eigenvalue weighted by atomic mass is 15.1. The minimum Gasteiger partial charge on any atom is -0.302 e. The van der Waals surface area contributed by atoms with Crippen LogP contribution < -0.4 is 10.6 Å². The SMILES string of the molecule is C1CCC(C2NCCCN2)CC1. The maximum atomic E-state index is 3.58. The maximum Gasteiger partial charge on any atom is 0.0600 e. The predicted octanol–water partition coefficient (Wildman–Crippen LogP) is 1.48. The van der Waals surface area contributed by atoms with Gasteiger partial charge in [-0.1, -0.05) is 19.3 Å². The van der Waals surface area contributed by atoms with Gasteiger partial charge in [-0.15, -0.1) is 0 Å². The summed E-state index contributed by atoms with van der Waals surface area (Å²) >= 11 is 0. The van der Waals surface area contributed by atoms with Crippen LogP contribution in [0.3, 0.4) is 0 Å². The summed E-state index contributed by atoms with van der Waals surface area (Å²) in [7, 11) is 0. The van der Waals surface area contributed by atoms with Crippen LogP contribution in [0.1, 0.15) is 38.5 Å². The molecule has 1 saturated heterocycles. The van der Waals surface area contributed by atoms with Crippen LogP contribution in [0, 0.1) is 5.92 Å². The van der Waals surface area contributed by atoms with Crippen LogP contribution >= 0.6 is 0 Å². The molecule has 1 aliphatic carbocycles. The van der Waals surface area contributed by atoms with Gasteiger partial charge in [-0.2, -0.15) is 0 Å². The van der Waals surface area contributed by atoms with Crippen LogP contribution in [0.15, 0.2) is 0 Å². The standard InChI is InChI=1S/C10H20N2/c1-2-5-9(6-3-1)10-11-7-4-8-12-10/h9-12H,1-8H2. The molecule has 1 heterocycles. The Hall–Kier alpha value is -0.0800. The second-order valence-corrected chi connectivity index (χ2v) is 4.14. The first-order valence-corrected chi connectivity index (χ1v) is 5.43.